The number of fused-ring (bicyclic) bond motifs is 3. The number of pyridine rings is 1. The van der Waals surface area contributed by atoms with Crippen LogP contribution in [0.15, 0.2) is 67.0 Å². The zero-order valence-corrected chi connectivity index (χ0v) is 35.2. The molecule has 6 rings (SSSR count). The fourth-order valence-electron chi connectivity index (χ4n) is 6.77. The van der Waals surface area contributed by atoms with Crippen molar-refractivity contribution < 1.29 is 19.0 Å². The number of rotatable bonds is 14. The first kappa shape index (κ1) is 38.9. The van der Waals surface area contributed by atoms with Gasteiger partial charge in [-0.2, -0.15) is 9.61 Å². The predicted octanol–water partition coefficient (Wildman–Crippen LogP) is 9.44. The fraction of sp³-hybridized carbons (Fsp3) is 0.512. The van der Waals surface area contributed by atoms with Gasteiger partial charge < -0.3 is 19.1 Å². The third-order valence-corrected chi connectivity index (χ3v) is 13.1. The zero-order valence-electron chi connectivity index (χ0n) is 33.2. The van der Waals surface area contributed by atoms with Gasteiger partial charge in [0, 0.05) is 64.4 Å². The van der Waals surface area contributed by atoms with Crippen LogP contribution in [0.5, 0.6) is 0 Å². The normalized spacial score (nSPS) is 17.7. The molecule has 0 aliphatic carbocycles. The quantitative estimate of drug-likeness (QED) is 0.0714. The summed E-state index contributed by atoms with van der Waals surface area (Å²) in [5.74, 6) is 0.856. The Bertz CT molecular complexity index is 1870. The summed E-state index contributed by atoms with van der Waals surface area (Å²) in [4.78, 5) is 27.5. The number of hydrogen-bond donors (Lipinski definition) is 0. The number of benzene rings is 1. The van der Waals surface area contributed by atoms with E-state index in [4.69, 9.17) is 29.3 Å². The van der Waals surface area contributed by atoms with Crippen molar-refractivity contribution >= 4 is 39.3 Å². The number of anilines is 1. The number of nitrogens with zero attached hydrogens (tertiary/aromatic N) is 6. The molecule has 53 heavy (non-hydrogen) atoms. The number of hydrogen-bond acceptors (Lipinski definition) is 8. The van der Waals surface area contributed by atoms with Crippen LogP contribution in [0.25, 0.3) is 33.6 Å². The van der Waals surface area contributed by atoms with E-state index in [0.29, 0.717) is 33.1 Å². The Hall–Kier alpha value is -3.85. The van der Waals surface area contributed by atoms with Crippen LogP contribution in [0.1, 0.15) is 45.7 Å². The van der Waals surface area contributed by atoms with Crippen molar-refractivity contribution in [3.8, 4) is 22.4 Å². The summed E-state index contributed by atoms with van der Waals surface area (Å²) in [6, 6.07) is 18.6. The molecule has 1 amide bonds. The molecule has 3 aromatic heterocycles. The number of carbonyl (C=O) groups is 1. The highest BCUT2D eigenvalue weighted by Gasteiger charge is 2.42. The standard InChI is InChI=1S/C41H58N6O4Si2/c1-41(2,3)51-40(48)46-33-16-17-34(46)24-32(23-33)37-25-38(45(28-49-19-21-52(4,5)6)29-50-20-22-53(7,8)9)47-39(44-37)35(27-43-47)31-15-18-36(42-26-31)30-13-11-10-12-14-30/h10-15,18,23,25-27,33-34H,16-17,19-22,24,28-29H2,1-9H3. The molecular formula is C41H58N6O4Si2. The maximum absolute atomic E-state index is 13.3. The number of ether oxygens (including phenoxy) is 3. The molecule has 0 N–H and O–H groups in total. The summed E-state index contributed by atoms with van der Waals surface area (Å²) in [6.45, 7) is 22.1. The predicted molar refractivity (Wildman–Crippen MR) is 220 cm³/mol. The lowest BCUT2D eigenvalue weighted by atomic mass is 9.98. The molecule has 2 bridgehead atoms. The Morgan fingerprint density at radius 3 is 2.13 bits per heavy atom. The minimum absolute atomic E-state index is 0.0370. The molecule has 0 saturated carbocycles. The summed E-state index contributed by atoms with van der Waals surface area (Å²) < 4.78 is 20.5. The van der Waals surface area contributed by atoms with E-state index in [1.807, 2.05) is 60.8 Å². The first-order chi connectivity index (χ1) is 25.0. The van der Waals surface area contributed by atoms with Crippen LogP contribution in [-0.2, 0) is 14.2 Å². The van der Waals surface area contributed by atoms with Gasteiger partial charge in [-0.15, -0.1) is 0 Å². The SMILES string of the molecule is CC(C)(C)OC(=O)N1C2C=C(c3cc(N(COCC[Si](C)(C)C)COCC[Si](C)(C)C)n4ncc(-c5ccc(-c6ccccc6)nc5)c4n3)CC1CC2. The van der Waals surface area contributed by atoms with Gasteiger partial charge in [0.15, 0.2) is 5.65 Å². The molecule has 2 atom stereocenters. The average Bonchev–Trinajstić information content (AvgIpc) is 3.63. The van der Waals surface area contributed by atoms with Crippen LogP contribution < -0.4 is 4.90 Å². The van der Waals surface area contributed by atoms with Crippen molar-refractivity contribution in [1.29, 1.82) is 0 Å². The number of amides is 1. The average molecular weight is 755 g/mol. The number of carbonyl (C=O) groups excluding carboxylic acids is 1. The van der Waals surface area contributed by atoms with Crippen molar-refractivity contribution in [3.05, 3.63) is 72.7 Å². The van der Waals surface area contributed by atoms with Gasteiger partial charge in [-0.25, -0.2) is 9.78 Å². The van der Waals surface area contributed by atoms with Crippen molar-refractivity contribution in [2.24, 2.45) is 0 Å². The summed E-state index contributed by atoms with van der Waals surface area (Å²) >= 11 is 0. The molecule has 284 valence electrons. The minimum Gasteiger partial charge on any atom is -0.444 e. The lowest BCUT2D eigenvalue weighted by Crippen LogP contribution is -2.45. The maximum Gasteiger partial charge on any atom is 0.411 e. The van der Waals surface area contributed by atoms with Crippen LogP contribution in [0, 0.1) is 0 Å². The lowest BCUT2D eigenvalue weighted by Gasteiger charge is -2.35. The van der Waals surface area contributed by atoms with Crippen LogP contribution in [0.2, 0.25) is 51.4 Å². The van der Waals surface area contributed by atoms with Crippen LogP contribution in [-0.4, -0.2) is 91.1 Å². The van der Waals surface area contributed by atoms with Gasteiger partial charge in [0.05, 0.1) is 23.6 Å². The van der Waals surface area contributed by atoms with E-state index in [-0.39, 0.29) is 18.2 Å². The molecule has 1 aromatic carbocycles. The van der Waals surface area contributed by atoms with Gasteiger partial charge in [0.1, 0.15) is 24.9 Å². The van der Waals surface area contributed by atoms with Crippen molar-refractivity contribution in [2.75, 3.05) is 31.6 Å². The molecule has 2 unspecified atom stereocenters. The van der Waals surface area contributed by atoms with Gasteiger partial charge >= 0.3 is 6.09 Å². The van der Waals surface area contributed by atoms with E-state index in [1.165, 1.54) is 0 Å². The highest BCUT2D eigenvalue weighted by atomic mass is 28.3. The van der Waals surface area contributed by atoms with E-state index in [9.17, 15) is 4.79 Å². The highest BCUT2D eigenvalue weighted by Crippen LogP contribution is 2.40. The molecule has 12 heteroatoms. The van der Waals surface area contributed by atoms with Crippen molar-refractivity contribution in [2.45, 2.75) is 109 Å². The molecule has 2 aliphatic rings. The highest BCUT2D eigenvalue weighted by molar-refractivity contribution is 6.76. The maximum atomic E-state index is 13.3. The Kier molecular flexibility index (Phi) is 11.6. The molecule has 2 aliphatic heterocycles. The molecule has 5 heterocycles. The van der Waals surface area contributed by atoms with E-state index in [0.717, 1.165) is 70.0 Å². The lowest BCUT2D eigenvalue weighted by molar-refractivity contribution is 0.0175. The molecule has 0 spiro atoms. The smallest absolute Gasteiger partial charge is 0.411 e. The number of aromatic nitrogens is 4. The molecule has 1 saturated heterocycles. The van der Waals surface area contributed by atoms with Crippen molar-refractivity contribution in [1.82, 2.24) is 24.5 Å². The second kappa shape index (κ2) is 15.9. The third kappa shape index (κ3) is 10.0. The van der Waals surface area contributed by atoms with Gasteiger partial charge in [-0.3, -0.25) is 9.88 Å². The van der Waals surface area contributed by atoms with Crippen LogP contribution in [0.4, 0.5) is 10.6 Å². The Balaban J connectivity index is 1.39. The molecular weight excluding hydrogens is 697 g/mol. The van der Waals surface area contributed by atoms with Gasteiger partial charge in [-0.05, 0) is 63.8 Å². The van der Waals surface area contributed by atoms with E-state index in [1.54, 1.807) is 0 Å². The summed E-state index contributed by atoms with van der Waals surface area (Å²) in [5.41, 5.74) is 6.01. The molecule has 4 aromatic rings. The van der Waals surface area contributed by atoms with Crippen molar-refractivity contribution in [3.63, 3.8) is 0 Å². The molecule has 10 nitrogen and oxygen atoms in total. The fourth-order valence-corrected chi connectivity index (χ4v) is 8.28. The Morgan fingerprint density at radius 2 is 1.55 bits per heavy atom. The Morgan fingerprint density at radius 1 is 0.868 bits per heavy atom. The second-order valence-electron chi connectivity index (χ2n) is 17.9. The van der Waals surface area contributed by atoms with Crippen LogP contribution in [0.3, 0.4) is 0 Å². The minimum atomic E-state index is -1.28. The van der Waals surface area contributed by atoms with E-state index < -0.39 is 21.7 Å². The third-order valence-electron chi connectivity index (χ3n) is 9.74. The first-order valence-electron chi connectivity index (χ1n) is 19.1. The van der Waals surface area contributed by atoms with Crippen LogP contribution >= 0.6 is 0 Å². The second-order valence-corrected chi connectivity index (χ2v) is 29.2. The first-order valence-corrected chi connectivity index (χ1v) is 26.5. The summed E-state index contributed by atoms with van der Waals surface area (Å²) in [6.07, 6.45) is 8.30. The van der Waals surface area contributed by atoms with Gasteiger partial charge in [0.2, 0.25) is 0 Å². The molecule has 0 radical (unpaired) electrons. The summed E-state index contributed by atoms with van der Waals surface area (Å²) in [5, 5.41) is 4.93. The Labute approximate surface area is 317 Å². The van der Waals surface area contributed by atoms with Gasteiger partial charge in [0.25, 0.3) is 0 Å². The zero-order chi connectivity index (χ0) is 38.0. The summed E-state index contributed by atoms with van der Waals surface area (Å²) in [7, 11) is -2.56. The molecule has 1 fully saturated rings. The monoisotopic (exact) mass is 754 g/mol. The van der Waals surface area contributed by atoms with E-state index >= 15 is 0 Å². The largest absolute Gasteiger partial charge is 0.444 e. The van der Waals surface area contributed by atoms with E-state index in [2.05, 4.69) is 80.6 Å². The van der Waals surface area contributed by atoms with Gasteiger partial charge in [-0.1, -0.05) is 81.8 Å². The topological polar surface area (TPSA) is 94.3 Å².